The Morgan fingerprint density at radius 3 is 2.46 bits per heavy atom. The van der Waals surface area contributed by atoms with E-state index in [0.29, 0.717) is 11.3 Å². The number of nitrogens with zero attached hydrogens (tertiary/aromatic N) is 1. The van der Waals surface area contributed by atoms with Crippen molar-refractivity contribution in [3.8, 4) is 6.07 Å². The van der Waals surface area contributed by atoms with Gasteiger partial charge in [-0.15, -0.1) is 0 Å². The fourth-order valence-electron chi connectivity index (χ4n) is 2.11. The van der Waals surface area contributed by atoms with E-state index in [1.54, 1.807) is 42.5 Å². The molecule has 2 rings (SSSR count). The molecule has 5 nitrogen and oxygen atoms in total. The molecule has 2 aromatic rings. The Morgan fingerprint density at radius 1 is 1.04 bits per heavy atom. The van der Waals surface area contributed by atoms with Crippen LogP contribution in [0.5, 0.6) is 0 Å². The van der Waals surface area contributed by atoms with Crippen LogP contribution in [0, 0.1) is 17.1 Å². The van der Waals surface area contributed by atoms with Gasteiger partial charge in [0.2, 0.25) is 11.8 Å². The first-order chi connectivity index (χ1) is 11.6. The van der Waals surface area contributed by atoms with Crippen molar-refractivity contribution in [3.05, 3.63) is 65.5 Å². The summed E-state index contributed by atoms with van der Waals surface area (Å²) in [5.74, 6) is -0.955. The van der Waals surface area contributed by atoms with E-state index < -0.39 is 5.91 Å². The molecule has 0 radical (unpaired) electrons. The van der Waals surface area contributed by atoms with E-state index in [-0.39, 0.29) is 31.1 Å². The average molecular weight is 325 g/mol. The highest BCUT2D eigenvalue weighted by molar-refractivity contribution is 5.92. The van der Waals surface area contributed by atoms with Gasteiger partial charge < -0.3 is 10.6 Å². The van der Waals surface area contributed by atoms with Crippen molar-refractivity contribution in [1.29, 1.82) is 5.26 Å². The summed E-state index contributed by atoms with van der Waals surface area (Å²) < 4.78 is 12.8. The third-order valence-corrected chi connectivity index (χ3v) is 3.29. The van der Waals surface area contributed by atoms with Gasteiger partial charge in [-0.25, -0.2) is 4.39 Å². The Hall–Kier alpha value is -3.20. The van der Waals surface area contributed by atoms with E-state index in [4.69, 9.17) is 5.26 Å². The van der Waals surface area contributed by atoms with Gasteiger partial charge in [0, 0.05) is 12.2 Å². The maximum Gasteiger partial charge on any atom is 0.238 e. The molecule has 0 aliphatic rings. The van der Waals surface area contributed by atoms with Gasteiger partial charge in [-0.2, -0.15) is 5.26 Å². The van der Waals surface area contributed by atoms with Crippen LogP contribution in [0.3, 0.4) is 0 Å². The van der Waals surface area contributed by atoms with Crippen molar-refractivity contribution in [1.82, 2.24) is 5.32 Å². The first-order valence-electron chi connectivity index (χ1n) is 7.34. The molecule has 0 fully saturated rings. The molecule has 0 heterocycles. The maximum atomic E-state index is 12.8. The highest BCUT2D eigenvalue weighted by atomic mass is 19.1. The van der Waals surface area contributed by atoms with Crippen LogP contribution in [0.4, 0.5) is 10.1 Å². The molecule has 0 saturated heterocycles. The number of halogens is 1. The quantitative estimate of drug-likeness (QED) is 0.856. The Bertz CT molecular complexity index is 767. The van der Waals surface area contributed by atoms with Gasteiger partial charge in [0.15, 0.2) is 0 Å². The van der Waals surface area contributed by atoms with E-state index >= 15 is 0 Å². The number of anilines is 1. The first-order valence-corrected chi connectivity index (χ1v) is 7.34. The van der Waals surface area contributed by atoms with Crippen LogP contribution in [-0.4, -0.2) is 11.8 Å². The predicted octanol–water partition coefficient (Wildman–Crippen LogP) is 2.54. The smallest absolute Gasteiger partial charge is 0.238 e. The van der Waals surface area contributed by atoms with Crippen LogP contribution >= 0.6 is 0 Å². The van der Waals surface area contributed by atoms with Crippen LogP contribution in [0.1, 0.15) is 17.5 Å². The van der Waals surface area contributed by atoms with E-state index in [1.165, 1.54) is 12.1 Å². The lowest BCUT2D eigenvalue weighted by Gasteiger charge is -2.11. The lowest BCUT2D eigenvalue weighted by atomic mass is 10.1. The van der Waals surface area contributed by atoms with Crippen LogP contribution in [0.25, 0.3) is 0 Å². The van der Waals surface area contributed by atoms with Crippen LogP contribution in [0.15, 0.2) is 48.5 Å². The number of carbonyl (C=O) groups excluding carboxylic acids is 2. The fraction of sp³-hybridized carbons (Fsp3) is 0.167. The third kappa shape index (κ3) is 5.21. The molecule has 24 heavy (non-hydrogen) atoms. The molecule has 0 bridgehead atoms. The molecule has 6 heteroatoms. The van der Waals surface area contributed by atoms with E-state index in [1.807, 2.05) is 0 Å². The topological polar surface area (TPSA) is 82.0 Å². The van der Waals surface area contributed by atoms with Crippen molar-refractivity contribution in [3.63, 3.8) is 0 Å². The number of para-hydroxylation sites is 1. The summed E-state index contributed by atoms with van der Waals surface area (Å²) in [6, 6.07) is 14.5. The van der Waals surface area contributed by atoms with Gasteiger partial charge in [0.1, 0.15) is 12.2 Å². The number of amides is 2. The number of nitrogens with one attached hydrogen (secondary N) is 2. The van der Waals surface area contributed by atoms with Crippen LogP contribution < -0.4 is 10.6 Å². The molecular formula is C18H16FN3O2. The Labute approximate surface area is 139 Å². The van der Waals surface area contributed by atoms with Crippen LogP contribution in [-0.2, 0) is 22.6 Å². The van der Waals surface area contributed by atoms with E-state index in [2.05, 4.69) is 10.6 Å². The number of carbonyl (C=O) groups is 2. The molecule has 2 aromatic carbocycles. The van der Waals surface area contributed by atoms with Crippen molar-refractivity contribution in [2.24, 2.45) is 0 Å². The summed E-state index contributed by atoms with van der Waals surface area (Å²) in [6.45, 7) is 0.239. The molecule has 0 aliphatic heterocycles. The largest absolute Gasteiger partial charge is 0.352 e. The van der Waals surface area contributed by atoms with Crippen molar-refractivity contribution in [2.75, 3.05) is 5.32 Å². The zero-order valence-corrected chi connectivity index (χ0v) is 12.9. The zero-order valence-electron chi connectivity index (χ0n) is 12.9. The second-order valence-electron chi connectivity index (χ2n) is 5.12. The SMILES string of the molecule is N#CCC(=O)Nc1ccccc1CNC(=O)Cc1ccc(F)cc1. The summed E-state index contributed by atoms with van der Waals surface area (Å²) in [6.07, 6.45) is -0.0888. The number of nitriles is 1. The standard InChI is InChI=1S/C18H16FN3O2/c19-15-7-5-13(6-8-15)11-18(24)21-12-14-3-1-2-4-16(14)22-17(23)9-10-20/h1-8H,9,11-12H2,(H,21,24)(H,22,23). The second kappa shape index (κ2) is 8.44. The zero-order chi connectivity index (χ0) is 17.4. The molecule has 122 valence electrons. The molecule has 2 N–H and O–H groups in total. The van der Waals surface area contributed by atoms with Crippen molar-refractivity contribution >= 4 is 17.5 Å². The molecule has 0 atom stereocenters. The summed E-state index contributed by atoms with van der Waals surface area (Å²) in [5.41, 5.74) is 2.00. The first kappa shape index (κ1) is 17.2. The van der Waals surface area contributed by atoms with Gasteiger partial charge in [-0.1, -0.05) is 30.3 Å². The van der Waals surface area contributed by atoms with Gasteiger partial charge in [0.05, 0.1) is 12.5 Å². The number of rotatable bonds is 6. The molecule has 0 saturated carbocycles. The van der Waals surface area contributed by atoms with E-state index in [9.17, 15) is 14.0 Å². The van der Waals surface area contributed by atoms with Gasteiger partial charge in [-0.3, -0.25) is 9.59 Å². The number of hydrogen-bond acceptors (Lipinski definition) is 3. The Kier molecular flexibility index (Phi) is 6.03. The minimum absolute atomic E-state index is 0.142. The predicted molar refractivity (Wildman–Crippen MR) is 87.3 cm³/mol. The Morgan fingerprint density at radius 2 is 1.75 bits per heavy atom. The Balaban J connectivity index is 1.94. The van der Waals surface area contributed by atoms with E-state index in [0.717, 1.165) is 5.56 Å². The maximum absolute atomic E-state index is 12.8. The molecule has 2 amide bonds. The minimum Gasteiger partial charge on any atom is -0.352 e. The fourth-order valence-corrected chi connectivity index (χ4v) is 2.11. The average Bonchev–Trinajstić information content (AvgIpc) is 2.56. The third-order valence-electron chi connectivity index (χ3n) is 3.29. The summed E-state index contributed by atoms with van der Waals surface area (Å²) in [4.78, 5) is 23.5. The lowest BCUT2D eigenvalue weighted by molar-refractivity contribution is -0.120. The summed E-state index contributed by atoms with van der Waals surface area (Å²) in [5, 5.41) is 13.9. The van der Waals surface area contributed by atoms with Gasteiger partial charge >= 0.3 is 0 Å². The minimum atomic E-state index is -0.400. The second-order valence-corrected chi connectivity index (χ2v) is 5.12. The number of hydrogen-bond donors (Lipinski definition) is 2. The highest BCUT2D eigenvalue weighted by Crippen LogP contribution is 2.15. The molecule has 0 spiro atoms. The molecule has 0 aromatic heterocycles. The number of benzene rings is 2. The van der Waals surface area contributed by atoms with Crippen LogP contribution in [0.2, 0.25) is 0 Å². The van der Waals surface area contributed by atoms with Crippen molar-refractivity contribution in [2.45, 2.75) is 19.4 Å². The molecular weight excluding hydrogens is 309 g/mol. The van der Waals surface area contributed by atoms with Crippen molar-refractivity contribution < 1.29 is 14.0 Å². The molecule has 0 aliphatic carbocycles. The summed E-state index contributed by atoms with van der Waals surface area (Å²) >= 11 is 0. The normalized spacial score (nSPS) is 9.83. The highest BCUT2D eigenvalue weighted by Gasteiger charge is 2.08. The monoisotopic (exact) mass is 325 g/mol. The lowest BCUT2D eigenvalue weighted by Crippen LogP contribution is -2.25. The van der Waals surface area contributed by atoms with Gasteiger partial charge in [0.25, 0.3) is 0 Å². The summed E-state index contributed by atoms with van der Waals surface area (Å²) in [7, 11) is 0. The molecule has 0 unspecified atom stereocenters. The van der Waals surface area contributed by atoms with Gasteiger partial charge in [-0.05, 0) is 29.3 Å².